The van der Waals surface area contributed by atoms with Crippen LogP contribution in [0.2, 0.25) is 0 Å². The average molecular weight is 437 g/mol. The Morgan fingerprint density at radius 3 is 2.77 bits per heavy atom. The lowest BCUT2D eigenvalue weighted by molar-refractivity contribution is 0.102. The SMILES string of the molecule is CC(C)c1ccc2nc(NC(=O)c3cccc(OCc4nnnn4C(C)C)c3)sc2c1. The number of hydrogen-bond donors (Lipinski definition) is 1. The van der Waals surface area contributed by atoms with Crippen LogP contribution < -0.4 is 10.1 Å². The van der Waals surface area contributed by atoms with Gasteiger partial charge in [-0.25, -0.2) is 9.67 Å². The lowest BCUT2D eigenvalue weighted by atomic mass is 10.0. The second-order valence-electron chi connectivity index (χ2n) is 7.80. The molecule has 0 spiro atoms. The monoisotopic (exact) mass is 436 g/mol. The molecule has 0 atom stereocenters. The number of aromatic nitrogens is 5. The van der Waals surface area contributed by atoms with Crippen LogP contribution in [0, 0.1) is 0 Å². The lowest BCUT2D eigenvalue weighted by Crippen LogP contribution is -2.12. The van der Waals surface area contributed by atoms with Crippen molar-refractivity contribution in [3.05, 3.63) is 59.4 Å². The molecule has 4 rings (SSSR count). The van der Waals surface area contributed by atoms with Crippen LogP contribution in [0.3, 0.4) is 0 Å². The van der Waals surface area contributed by atoms with Crippen LogP contribution in [-0.2, 0) is 6.61 Å². The van der Waals surface area contributed by atoms with Crippen molar-refractivity contribution in [2.45, 2.75) is 46.3 Å². The molecule has 160 valence electrons. The third-order valence-electron chi connectivity index (χ3n) is 4.81. The smallest absolute Gasteiger partial charge is 0.257 e. The molecule has 8 nitrogen and oxygen atoms in total. The minimum absolute atomic E-state index is 0.135. The van der Waals surface area contributed by atoms with Crippen LogP contribution >= 0.6 is 11.3 Å². The Morgan fingerprint density at radius 2 is 2.00 bits per heavy atom. The zero-order valence-electron chi connectivity index (χ0n) is 17.9. The van der Waals surface area contributed by atoms with Crippen LogP contribution in [0.15, 0.2) is 42.5 Å². The number of anilines is 1. The molecule has 0 saturated carbocycles. The Labute approximate surface area is 184 Å². The van der Waals surface area contributed by atoms with Gasteiger partial charge in [0.1, 0.15) is 12.4 Å². The average Bonchev–Trinajstić information content (AvgIpc) is 3.38. The van der Waals surface area contributed by atoms with Gasteiger partial charge in [0.05, 0.1) is 16.3 Å². The summed E-state index contributed by atoms with van der Waals surface area (Å²) < 4.78 is 8.57. The first kappa shape index (κ1) is 20.9. The molecule has 0 aliphatic carbocycles. The molecule has 0 aliphatic heterocycles. The first-order chi connectivity index (χ1) is 14.9. The van der Waals surface area contributed by atoms with Crippen LogP contribution in [-0.4, -0.2) is 31.1 Å². The molecule has 1 amide bonds. The molecule has 0 radical (unpaired) electrons. The van der Waals surface area contributed by atoms with Gasteiger partial charge in [-0.2, -0.15) is 0 Å². The van der Waals surface area contributed by atoms with Gasteiger partial charge in [0.2, 0.25) is 0 Å². The van der Waals surface area contributed by atoms with Crippen LogP contribution in [0.4, 0.5) is 5.13 Å². The maximum Gasteiger partial charge on any atom is 0.257 e. The summed E-state index contributed by atoms with van der Waals surface area (Å²) in [6.07, 6.45) is 0. The van der Waals surface area contributed by atoms with E-state index < -0.39 is 0 Å². The van der Waals surface area contributed by atoms with E-state index in [-0.39, 0.29) is 18.6 Å². The highest BCUT2D eigenvalue weighted by Gasteiger charge is 2.13. The maximum atomic E-state index is 12.8. The van der Waals surface area contributed by atoms with E-state index in [0.717, 1.165) is 10.2 Å². The minimum atomic E-state index is -0.236. The maximum absolute atomic E-state index is 12.8. The number of carbonyl (C=O) groups excluding carboxylic acids is 1. The molecule has 2 aromatic heterocycles. The molecule has 9 heteroatoms. The standard InChI is InChI=1S/C22H24N6O2S/c1-13(2)15-8-9-18-19(11-15)31-22(23-18)24-21(29)16-6-5-7-17(10-16)30-12-20-25-26-27-28(20)14(3)4/h5-11,13-14H,12H2,1-4H3,(H,23,24,29). The highest BCUT2D eigenvalue weighted by Crippen LogP contribution is 2.29. The Bertz CT molecular complexity index is 1210. The molecule has 2 heterocycles. The minimum Gasteiger partial charge on any atom is -0.486 e. The van der Waals surface area contributed by atoms with Crippen LogP contribution in [0.25, 0.3) is 10.2 Å². The summed E-state index contributed by atoms with van der Waals surface area (Å²) in [6, 6.07) is 13.4. The highest BCUT2D eigenvalue weighted by molar-refractivity contribution is 7.22. The van der Waals surface area contributed by atoms with Crippen molar-refractivity contribution in [2.24, 2.45) is 0 Å². The van der Waals surface area contributed by atoms with Crippen molar-refractivity contribution in [1.82, 2.24) is 25.2 Å². The molecule has 0 unspecified atom stereocenters. The predicted octanol–water partition coefficient (Wildman–Crippen LogP) is 4.82. The fourth-order valence-corrected chi connectivity index (χ4v) is 4.02. The lowest BCUT2D eigenvalue weighted by Gasteiger charge is -2.10. The summed E-state index contributed by atoms with van der Waals surface area (Å²) in [4.78, 5) is 17.3. The van der Waals surface area contributed by atoms with Crippen molar-refractivity contribution in [3.8, 4) is 5.75 Å². The Hall–Kier alpha value is -3.33. The summed E-state index contributed by atoms with van der Waals surface area (Å²) in [7, 11) is 0. The second-order valence-corrected chi connectivity index (χ2v) is 8.84. The number of ether oxygens (including phenoxy) is 1. The molecule has 0 saturated heterocycles. The number of amides is 1. The number of hydrogen-bond acceptors (Lipinski definition) is 7. The summed E-state index contributed by atoms with van der Waals surface area (Å²) in [5.41, 5.74) is 2.62. The second kappa shape index (κ2) is 8.81. The molecule has 2 aromatic carbocycles. The van der Waals surface area contributed by atoms with Gasteiger partial charge in [-0.1, -0.05) is 37.3 Å². The van der Waals surface area contributed by atoms with E-state index in [1.807, 2.05) is 19.9 Å². The van der Waals surface area contributed by atoms with Crippen molar-refractivity contribution >= 4 is 32.6 Å². The van der Waals surface area contributed by atoms with E-state index in [0.29, 0.717) is 28.2 Å². The van der Waals surface area contributed by atoms with Gasteiger partial charge in [0.25, 0.3) is 5.91 Å². The molecule has 0 fully saturated rings. The Morgan fingerprint density at radius 1 is 1.16 bits per heavy atom. The molecular formula is C22H24N6O2S. The number of carbonyl (C=O) groups is 1. The molecule has 1 N–H and O–H groups in total. The van der Waals surface area contributed by atoms with Crippen molar-refractivity contribution in [2.75, 3.05) is 5.32 Å². The van der Waals surface area contributed by atoms with E-state index >= 15 is 0 Å². The zero-order chi connectivity index (χ0) is 22.0. The summed E-state index contributed by atoms with van der Waals surface area (Å²) in [5.74, 6) is 1.40. The first-order valence-electron chi connectivity index (χ1n) is 10.1. The van der Waals surface area contributed by atoms with Crippen molar-refractivity contribution in [1.29, 1.82) is 0 Å². The summed E-state index contributed by atoms with van der Waals surface area (Å²) in [6.45, 7) is 8.52. The Balaban J connectivity index is 1.45. The number of nitrogens with one attached hydrogen (secondary N) is 1. The van der Waals surface area contributed by atoms with E-state index in [1.54, 1.807) is 28.9 Å². The molecule has 4 aromatic rings. The topological polar surface area (TPSA) is 94.8 Å². The number of benzene rings is 2. The highest BCUT2D eigenvalue weighted by atomic mass is 32.1. The summed E-state index contributed by atoms with van der Waals surface area (Å²) >= 11 is 1.47. The van der Waals surface area contributed by atoms with Crippen molar-refractivity contribution < 1.29 is 9.53 Å². The van der Waals surface area contributed by atoms with E-state index in [9.17, 15) is 4.79 Å². The fourth-order valence-electron chi connectivity index (χ4n) is 3.11. The van der Waals surface area contributed by atoms with Crippen LogP contribution in [0.5, 0.6) is 5.75 Å². The number of thiazole rings is 1. The summed E-state index contributed by atoms with van der Waals surface area (Å²) in [5, 5.41) is 15.1. The number of rotatable bonds is 7. The number of fused-ring (bicyclic) bond motifs is 1. The molecular weight excluding hydrogens is 412 g/mol. The molecule has 31 heavy (non-hydrogen) atoms. The molecule has 0 aliphatic rings. The predicted molar refractivity (Wildman–Crippen MR) is 121 cm³/mol. The van der Waals surface area contributed by atoms with Gasteiger partial charge in [-0.15, -0.1) is 5.10 Å². The Kier molecular flexibility index (Phi) is 5.94. The van der Waals surface area contributed by atoms with Gasteiger partial charge in [-0.05, 0) is 66.1 Å². The van der Waals surface area contributed by atoms with Gasteiger partial charge in [0.15, 0.2) is 11.0 Å². The van der Waals surface area contributed by atoms with Crippen molar-refractivity contribution in [3.63, 3.8) is 0 Å². The largest absolute Gasteiger partial charge is 0.486 e. The number of tetrazole rings is 1. The van der Waals surface area contributed by atoms with Gasteiger partial charge in [-0.3, -0.25) is 10.1 Å². The van der Waals surface area contributed by atoms with Gasteiger partial charge in [0, 0.05) is 5.56 Å². The third kappa shape index (κ3) is 4.72. The van der Waals surface area contributed by atoms with E-state index in [4.69, 9.17) is 4.74 Å². The first-order valence-corrected chi connectivity index (χ1v) is 10.9. The third-order valence-corrected chi connectivity index (χ3v) is 5.75. The van der Waals surface area contributed by atoms with E-state index in [2.05, 4.69) is 51.8 Å². The van der Waals surface area contributed by atoms with Gasteiger partial charge < -0.3 is 4.74 Å². The molecule has 0 bridgehead atoms. The normalized spacial score (nSPS) is 11.4. The van der Waals surface area contributed by atoms with Gasteiger partial charge >= 0.3 is 0 Å². The fraction of sp³-hybridized carbons (Fsp3) is 0.318. The number of nitrogens with zero attached hydrogens (tertiary/aromatic N) is 5. The van der Waals surface area contributed by atoms with E-state index in [1.165, 1.54) is 16.9 Å². The quantitative estimate of drug-likeness (QED) is 0.446. The zero-order valence-corrected chi connectivity index (χ0v) is 18.7. The van der Waals surface area contributed by atoms with Crippen LogP contribution in [0.1, 0.15) is 61.4 Å².